The van der Waals surface area contributed by atoms with Crippen LogP contribution in [0.5, 0.6) is 0 Å². The molecule has 29 heavy (non-hydrogen) atoms. The first-order valence-corrected chi connectivity index (χ1v) is 13.8. The Kier molecular flexibility index (Phi) is 4.40. The molecule has 4 fully saturated rings. The highest BCUT2D eigenvalue weighted by Gasteiger charge is 2.72. The fourth-order valence-electron chi connectivity index (χ4n) is 5.94. The molecule has 6 rings (SSSR count). The lowest BCUT2D eigenvalue weighted by Gasteiger charge is -2.70. The number of hydrogen-bond acceptors (Lipinski definition) is 3. The highest BCUT2D eigenvalue weighted by Crippen LogP contribution is 2.88. The number of aryl methyl sites for hydroxylation is 2. The molecule has 154 valence electrons. The van der Waals surface area contributed by atoms with Crippen molar-refractivity contribution in [3.05, 3.63) is 59.7 Å². The maximum atomic E-state index is 6.79. The molecule has 4 aliphatic heterocycles. The standard InChI is InChI=1S/C24H30O3P2/c1-17-11-7-9-13-19(17)28(20-14-10-8-12-18(20)2)29-23(5)15-21(3)25-22(4,27-23)16-24(29,6)26-21/h7-14H,15-16H2,1-6H3/t21-,22-,23+,24+/m0/s1. The topological polar surface area (TPSA) is 27.7 Å². The molecule has 4 heterocycles. The van der Waals surface area contributed by atoms with E-state index in [1.807, 2.05) is 0 Å². The molecule has 5 heteroatoms. The molecule has 0 spiro atoms. The number of hydrogen-bond donors (Lipinski definition) is 0. The molecule has 0 saturated carbocycles. The van der Waals surface area contributed by atoms with Gasteiger partial charge in [0.1, 0.15) is 10.7 Å². The quantitative estimate of drug-likeness (QED) is 0.573. The second-order valence-corrected chi connectivity index (χ2v) is 16.0. The molecule has 4 saturated heterocycles. The van der Waals surface area contributed by atoms with E-state index in [4.69, 9.17) is 14.2 Å². The van der Waals surface area contributed by atoms with Gasteiger partial charge in [-0.05, 0) is 78.5 Å². The average molecular weight is 428 g/mol. The van der Waals surface area contributed by atoms with Crippen LogP contribution >= 0.6 is 15.2 Å². The summed E-state index contributed by atoms with van der Waals surface area (Å²) in [5, 5.41) is 2.44. The van der Waals surface area contributed by atoms with Crippen LogP contribution in [-0.4, -0.2) is 22.3 Å². The first-order valence-electron chi connectivity index (χ1n) is 10.4. The van der Waals surface area contributed by atoms with Crippen molar-refractivity contribution in [1.82, 2.24) is 0 Å². The van der Waals surface area contributed by atoms with Gasteiger partial charge in [-0.3, -0.25) is 0 Å². The fraction of sp³-hybridized carbons (Fsp3) is 0.500. The first kappa shape index (κ1) is 20.1. The van der Waals surface area contributed by atoms with Crippen molar-refractivity contribution in [2.75, 3.05) is 0 Å². The second-order valence-electron chi connectivity index (χ2n) is 9.47. The van der Waals surface area contributed by atoms with E-state index >= 15 is 0 Å². The number of ether oxygens (including phenoxy) is 3. The molecule has 4 bridgehead atoms. The van der Waals surface area contributed by atoms with E-state index in [-0.39, 0.29) is 10.7 Å². The molecule has 0 aromatic heterocycles. The van der Waals surface area contributed by atoms with Crippen LogP contribution < -0.4 is 10.6 Å². The third kappa shape index (κ3) is 3.05. The highest BCUT2D eigenvalue weighted by molar-refractivity contribution is 8.37. The van der Waals surface area contributed by atoms with E-state index in [0.717, 1.165) is 12.8 Å². The molecular formula is C24H30O3P2. The Balaban J connectivity index is 1.74. The van der Waals surface area contributed by atoms with Crippen LogP contribution in [0.2, 0.25) is 0 Å². The summed E-state index contributed by atoms with van der Waals surface area (Å²) in [7, 11) is -1.27. The van der Waals surface area contributed by atoms with Crippen molar-refractivity contribution < 1.29 is 14.2 Å². The van der Waals surface area contributed by atoms with Crippen LogP contribution in [0, 0.1) is 13.8 Å². The Bertz CT molecular complexity index is 885. The van der Waals surface area contributed by atoms with Gasteiger partial charge in [0, 0.05) is 12.8 Å². The van der Waals surface area contributed by atoms with Crippen molar-refractivity contribution >= 4 is 25.8 Å². The Morgan fingerprint density at radius 2 is 1.10 bits per heavy atom. The summed E-state index contributed by atoms with van der Waals surface area (Å²) in [4.78, 5) is 0. The molecule has 4 atom stereocenters. The van der Waals surface area contributed by atoms with Gasteiger partial charge in [-0.25, -0.2) is 0 Å². The van der Waals surface area contributed by atoms with Crippen molar-refractivity contribution in [1.29, 1.82) is 0 Å². The van der Waals surface area contributed by atoms with E-state index in [1.165, 1.54) is 21.7 Å². The zero-order valence-corrected chi connectivity index (χ0v) is 19.9. The molecule has 3 nitrogen and oxygen atoms in total. The second kappa shape index (κ2) is 6.35. The van der Waals surface area contributed by atoms with E-state index in [2.05, 4.69) is 90.1 Å². The van der Waals surface area contributed by atoms with Gasteiger partial charge in [-0.15, -0.1) is 0 Å². The Morgan fingerprint density at radius 3 is 1.52 bits per heavy atom. The summed E-state index contributed by atoms with van der Waals surface area (Å²) in [5.41, 5.74) is 2.72. The fourth-order valence-corrected chi connectivity index (χ4v) is 17.0. The van der Waals surface area contributed by atoms with Gasteiger partial charge in [0.25, 0.3) is 0 Å². The SMILES string of the molecule is Cc1ccccc1P(c1ccccc1C)P1[C@]2(C)C[C@@]3(C)O[C@](C)(C[C@]1(C)O3)O2. The maximum absolute atomic E-state index is 6.79. The minimum absolute atomic E-state index is 0.238. The van der Waals surface area contributed by atoms with Gasteiger partial charge in [-0.2, -0.15) is 0 Å². The van der Waals surface area contributed by atoms with Crippen molar-refractivity contribution in [2.45, 2.75) is 76.6 Å². The van der Waals surface area contributed by atoms with Crippen LogP contribution in [0.25, 0.3) is 0 Å². The Hall–Kier alpha value is -0.820. The monoisotopic (exact) mass is 428 g/mol. The summed E-state index contributed by atoms with van der Waals surface area (Å²) in [5.74, 6) is -1.13. The van der Waals surface area contributed by atoms with Gasteiger partial charge in [0.05, 0.1) is 0 Å². The molecule has 2 aromatic carbocycles. The van der Waals surface area contributed by atoms with E-state index in [1.54, 1.807) is 0 Å². The lowest BCUT2D eigenvalue weighted by molar-refractivity contribution is -0.467. The van der Waals surface area contributed by atoms with Crippen LogP contribution in [0.4, 0.5) is 0 Å². The summed E-state index contributed by atoms with van der Waals surface area (Å²) in [6.45, 7) is 13.3. The predicted molar refractivity (Wildman–Crippen MR) is 122 cm³/mol. The molecular weight excluding hydrogens is 398 g/mol. The Morgan fingerprint density at radius 1 is 0.690 bits per heavy atom. The summed E-state index contributed by atoms with van der Waals surface area (Å²) in [6.07, 6.45) is 1.57. The van der Waals surface area contributed by atoms with Crippen LogP contribution in [0.3, 0.4) is 0 Å². The number of benzene rings is 2. The molecule has 0 radical (unpaired) electrons. The molecule has 0 N–H and O–H groups in total. The highest BCUT2D eigenvalue weighted by atomic mass is 32.1. The zero-order chi connectivity index (χ0) is 20.7. The maximum Gasteiger partial charge on any atom is 0.173 e. The van der Waals surface area contributed by atoms with Crippen molar-refractivity contribution in [3.63, 3.8) is 0 Å². The third-order valence-corrected chi connectivity index (χ3v) is 16.0. The zero-order valence-electron chi connectivity index (χ0n) is 18.2. The largest absolute Gasteiger partial charge is 0.339 e. The summed E-state index contributed by atoms with van der Waals surface area (Å²) < 4.78 is 19.9. The van der Waals surface area contributed by atoms with Gasteiger partial charge in [0.15, 0.2) is 11.6 Å². The molecule has 0 unspecified atom stereocenters. The molecule has 0 aliphatic carbocycles. The van der Waals surface area contributed by atoms with Gasteiger partial charge >= 0.3 is 0 Å². The van der Waals surface area contributed by atoms with Crippen molar-refractivity contribution in [3.8, 4) is 0 Å². The van der Waals surface area contributed by atoms with Crippen LogP contribution in [0.1, 0.15) is 51.7 Å². The van der Waals surface area contributed by atoms with Crippen LogP contribution in [-0.2, 0) is 14.2 Å². The van der Waals surface area contributed by atoms with E-state index < -0.39 is 26.8 Å². The summed E-state index contributed by atoms with van der Waals surface area (Å²) in [6, 6.07) is 17.8. The Labute approximate surface area is 176 Å². The molecule has 2 aromatic rings. The van der Waals surface area contributed by atoms with E-state index in [9.17, 15) is 0 Å². The van der Waals surface area contributed by atoms with Gasteiger partial charge in [-0.1, -0.05) is 48.5 Å². The normalized spacial score (nSPS) is 40.6. The van der Waals surface area contributed by atoms with Gasteiger partial charge < -0.3 is 14.2 Å². The minimum atomic E-state index is -0.642. The number of rotatable bonds is 3. The third-order valence-electron chi connectivity index (χ3n) is 6.38. The predicted octanol–water partition coefficient (Wildman–Crippen LogP) is 5.87. The van der Waals surface area contributed by atoms with Crippen molar-refractivity contribution in [2.24, 2.45) is 0 Å². The van der Waals surface area contributed by atoms with Gasteiger partial charge in [0.2, 0.25) is 0 Å². The molecule has 0 amide bonds. The average Bonchev–Trinajstić information content (AvgIpc) is 2.56. The summed E-state index contributed by atoms with van der Waals surface area (Å²) >= 11 is 0. The minimum Gasteiger partial charge on any atom is -0.339 e. The lowest BCUT2D eigenvalue weighted by atomic mass is 9.98. The molecule has 4 aliphatic rings. The smallest absolute Gasteiger partial charge is 0.173 e. The lowest BCUT2D eigenvalue weighted by Crippen LogP contribution is -2.71. The first-order chi connectivity index (χ1) is 13.6. The van der Waals surface area contributed by atoms with Crippen LogP contribution in [0.15, 0.2) is 48.5 Å². The van der Waals surface area contributed by atoms with E-state index in [0.29, 0.717) is 0 Å².